The third-order valence-corrected chi connectivity index (χ3v) is 2.97. The maximum Gasteiger partial charge on any atom is 0.156 e. The molecule has 0 radical (unpaired) electrons. The molecule has 0 saturated heterocycles. The Labute approximate surface area is 118 Å². The molecule has 0 amide bonds. The molecule has 19 heavy (non-hydrogen) atoms. The topological polar surface area (TPSA) is 48.1 Å². The van der Waals surface area contributed by atoms with Crippen LogP contribution in [-0.2, 0) is 0 Å². The van der Waals surface area contributed by atoms with Crippen molar-refractivity contribution in [2.45, 2.75) is 19.8 Å². The first-order chi connectivity index (χ1) is 9.08. The molecule has 4 heteroatoms. The molecule has 0 aliphatic rings. The van der Waals surface area contributed by atoms with Crippen molar-refractivity contribution in [2.75, 3.05) is 0 Å². The molecule has 0 bridgehead atoms. The second kappa shape index (κ2) is 5.80. The number of thiocarbonyl (C=S) groups is 1. The molecule has 0 saturated carbocycles. The monoisotopic (exact) mass is 272 g/mol. The van der Waals surface area contributed by atoms with Crippen LogP contribution in [0.25, 0.3) is 0 Å². The van der Waals surface area contributed by atoms with Gasteiger partial charge in [-0.25, -0.2) is 4.98 Å². The molecule has 2 N–H and O–H groups in total. The summed E-state index contributed by atoms with van der Waals surface area (Å²) in [5.41, 5.74) is 7.40. The molecule has 3 nitrogen and oxygen atoms in total. The van der Waals surface area contributed by atoms with Gasteiger partial charge >= 0.3 is 0 Å². The summed E-state index contributed by atoms with van der Waals surface area (Å²) in [4.78, 5) is 4.36. The van der Waals surface area contributed by atoms with Crippen LogP contribution >= 0.6 is 12.2 Å². The van der Waals surface area contributed by atoms with E-state index in [0.29, 0.717) is 17.4 Å². The highest BCUT2D eigenvalue weighted by Gasteiger charge is 2.08. The van der Waals surface area contributed by atoms with E-state index < -0.39 is 0 Å². The van der Waals surface area contributed by atoms with E-state index in [0.717, 1.165) is 5.75 Å². The Morgan fingerprint density at radius 3 is 2.47 bits per heavy atom. The molecule has 2 aromatic rings. The molecule has 98 valence electrons. The number of pyridine rings is 1. The zero-order valence-electron chi connectivity index (χ0n) is 11.0. The third-order valence-electron chi connectivity index (χ3n) is 2.78. The van der Waals surface area contributed by atoms with E-state index in [2.05, 4.69) is 31.0 Å². The third kappa shape index (κ3) is 3.29. The average molecular weight is 272 g/mol. The van der Waals surface area contributed by atoms with Gasteiger partial charge < -0.3 is 10.5 Å². The lowest BCUT2D eigenvalue weighted by atomic mass is 10.0. The van der Waals surface area contributed by atoms with Gasteiger partial charge in [0.05, 0.1) is 0 Å². The van der Waals surface area contributed by atoms with Gasteiger partial charge in [0, 0.05) is 6.20 Å². The first-order valence-electron chi connectivity index (χ1n) is 6.10. The van der Waals surface area contributed by atoms with E-state index in [1.807, 2.05) is 12.1 Å². The molecular weight excluding hydrogens is 256 g/mol. The maximum atomic E-state index is 5.78. The van der Waals surface area contributed by atoms with Crippen molar-refractivity contribution in [2.24, 2.45) is 5.73 Å². The molecule has 0 aliphatic carbocycles. The minimum atomic E-state index is 0.231. The number of rotatable bonds is 4. The molecular formula is C15H16N2OS. The largest absolute Gasteiger partial charge is 0.455 e. The predicted molar refractivity (Wildman–Crippen MR) is 80.7 cm³/mol. The van der Waals surface area contributed by atoms with E-state index >= 15 is 0 Å². The van der Waals surface area contributed by atoms with Crippen molar-refractivity contribution in [3.8, 4) is 11.5 Å². The molecule has 1 heterocycles. The average Bonchev–Trinajstić information content (AvgIpc) is 2.39. The van der Waals surface area contributed by atoms with Crippen LogP contribution in [0.3, 0.4) is 0 Å². The molecule has 1 aromatic carbocycles. The van der Waals surface area contributed by atoms with Crippen LogP contribution in [-0.4, -0.2) is 9.97 Å². The number of benzene rings is 1. The first kappa shape index (κ1) is 13.5. The Morgan fingerprint density at radius 1 is 1.21 bits per heavy atom. The molecule has 0 unspecified atom stereocenters. The SMILES string of the molecule is CC(C)c1ccc(Oc2cccnc2C(N)=S)cc1. The smallest absolute Gasteiger partial charge is 0.156 e. The van der Waals surface area contributed by atoms with Gasteiger partial charge in [0.15, 0.2) is 5.75 Å². The zero-order valence-corrected chi connectivity index (χ0v) is 11.8. The van der Waals surface area contributed by atoms with Gasteiger partial charge in [0.25, 0.3) is 0 Å². The fourth-order valence-electron chi connectivity index (χ4n) is 1.71. The summed E-state index contributed by atoms with van der Waals surface area (Å²) >= 11 is 4.96. The molecule has 0 fully saturated rings. The summed E-state index contributed by atoms with van der Waals surface area (Å²) in [7, 11) is 0. The highest BCUT2D eigenvalue weighted by atomic mass is 32.1. The highest BCUT2D eigenvalue weighted by molar-refractivity contribution is 7.80. The van der Waals surface area contributed by atoms with Gasteiger partial charge in [-0.15, -0.1) is 0 Å². The Hall–Kier alpha value is -1.94. The molecule has 0 aliphatic heterocycles. The van der Waals surface area contributed by atoms with Crippen LogP contribution in [0.2, 0.25) is 0 Å². The lowest BCUT2D eigenvalue weighted by molar-refractivity contribution is 0.479. The van der Waals surface area contributed by atoms with Crippen LogP contribution in [0.15, 0.2) is 42.6 Å². The highest BCUT2D eigenvalue weighted by Crippen LogP contribution is 2.25. The number of aromatic nitrogens is 1. The van der Waals surface area contributed by atoms with Gasteiger partial charge in [0.2, 0.25) is 0 Å². The summed E-state index contributed by atoms with van der Waals surface area (Å²) in [5.74, 6) is 1.82. The van der Waals surface area contributed by atoms with E-state index in [-0.39, 0.29) is 4.99 Å². The Balaban J connectivity index is 2.24. The van der Waals surface area contributed by atoms with E-state index in [9.17, 15) is 0 Å². The van der Waals surface area contributed by atoms with E-state index in [1.165, 1.54) is 5.56 Å². The van der Waals surface area contributed by atoms with Gasteiger partial charge in [-0.1, -0.05) is 38.2 Å². The van der Waals surface area contributed by atoms with Crippen molar-refractivity contribution in [1.82, 2.24) is 4.98 Å². The number of nitrogens with zero attached hydrogens (tertiary/aromatic N) is 1. The summed E-state index contributed by atoms with van der Waals surface area (Å²) in [5, 5.41) is 0. The zero-order chi connectivity index (χ0) is 13.8. The van der Waals surface area contributed by atoms with E-state index in [4.69, 9.17) is 22.7 Å². The fraction of sp³-hybridized carbons (Fsp3) is 0.200. The number of hydrogen-bond donors (Lipinski definition) is 1. The molecule has 2 rings (SSSR count). The van der Waals surface area contributed by atoms with Crippen LogP contribution < -0.4 is 10.5 Å². The number of hydrogen-bond acceptors (Lipinski definition) is 3. The van der Waals surface area contributed by atoms with Gasteiger partial charge in [-0.3, -0.25) is 0 Å². The number of nitrogens with two attached hydrogens (primary N) is 1. The van der Waals surface area contributed by atoms with E-state index in [1.54, 1.807) is 18.3 Å². The summed E-state index contributed by atoms with van der Waals surface area (Å²) in [6.45, 7) is 4.31. The van der Waals surface area contributed by atoms with Crippen LogP contribution in [0.1, 0.15) is 31.0 Å². The second-order valence-corrected chi connectivity index (χ2v) is 4.98. The Morgan fingerprint density at radius 2 is 1.89 bits per heavy atom. The maximum absolute atomic E-state index is 5.78. The predicted octanol–water partition coefficient (Wildman–Crippen LogP) is 3.63. The normalized spacial score (nSPS) is 10.5. The van der Waals surface area contributed by atoms with Crippen LogP contribution in [0.5, 0.6) is 11.5 Å². The van der Waals surface area contributed by atoms with Crippen molar-refractivity contribution in [3.63, 3.8) is 0 Å². The minimum Gasteiger partial charge on any atom is -0.455 e. The Kier molecular flexibility index (Phi) is 4.12. The van der Waals surface area contributed by atoms with Crippen LogP contribution in [0, 0.1) is 0 Å². The Bertz CT molecular complexity index is 579. The van der Waals surface area contributed by atoms with Crippen molar-refractivity contribution >= 4 is 17.2 Å². The first-order valence-corrected chi connectivity index (χ1v) is 6.51. The van der Waals surface area contributed by atoms with Crippen molar-refractivity contribution in [3.05, 3.63) is 53.9 Å². The molecule has 0 spiro atoms. The quantitative estimate of drug-likeness (QED) is 0.863. The lowest BCUT2D eigenvalue weighted by Crippen LogP contribution is -2.12. The van der Waals surface area contributed by atoms with Crippen LogP contribution in [0.4, 0.5) is 0 Å². The fourth-order valence-corrected chi connectivity index (χ4v) is 1.86. The summed E-state index contributed by atoms with van der Waals surface area (Å²) in [6.07, 6.45) is 1.64. The van der Waals surface area contributed by atoms with Crippen molar-refractivity contribution in [1.29, 1.82) is 0 Å². The van der Waals surface area contributed by atoms with Gasteiger partial charge in [-0.05, 0) is 35.7 Å². The van der Waals surface area contributed by atoms with Gasteiger partial charge in [0.1, 0.15) is 16.4 Å². The minimum absolute atomic E-state index is 0.231. The molecule has 1 aromatic heterocycles. The standard InChI is InChI=1S/C15H16N2OS/c1-10(2)11-5-7-12(8-6-11)18-13-4-3-9-17-14(13)15(16)19/h3-10H,1-2H3,(H2,16,19). The van der Waals surface area contributed by atoms with Gasteiger partial charge in [-0.2, -0.15) is 0 Å². The number of ether oxygens (including phenoxy) is 1. The van der Waals surface area contributed by atoms with Crippen molar-refractivity contribution < 1.29 is 4.74 Å². The lowest BCUT2D eigenvalue weighted by Gasteiger charge is -2.10. The summed E-state index contributed by atoms with van der Waals surface area (Å²) < 4.78 is 5.78. The summed E-state index contributed by atoms with van der Waals surface area (Å²) in [6, 6.07) is 11.6. The second-order valence-electron chi connectivity index (χ2n) is 4.54. The molecule has 0 atom stereocenters.